The molecule has 0 spiro atoms. The smallest absolute Gasteiger partial charge is 0.312 e. The van der Waals surface area contributed by atoms with Crippen LogP contribution >= 0.6 is 0 Å². The lowest BCUT2D eigenvalue weighted by Crippen LogP contribution is -2.39. The van der Waals surface area contributed by atoms with Gasteiger partial charge in [0.05, 0.1) is 5.41 Å². The first-order valence-electron chi connectivity index (χ1n) is 11.2. The van der Waals surface area contributed by atoms with Gasteiger partial charge in [0.1, 0.15) is 5.60 Å². The third-order valence-electron chi connectivity index (χ3n) is 6.94. The number of carbonyl (C=O) groups excluding carboxylic acids is 1. The number of fused-ring (bicyclic) bond motifs is 2. The minimum absolute atomic E-state index is 0.000406. The summed E-state index contributed by atoms with van der Waals surface area (Å²) in [6, 6.07) is 0. The van der Waals surface area contributed by atoms with Gasteiger partial charge in [0.25, 0.3) is 0 Å². The number of hydrogen-bond acceptors (Lipinski definition) is 2. The Kier molecular flexibility index (Phi) is 6.89. The Morgan fingerprint density at radius 3 is 2.04 bits per heavy atom. The lowest BCUT2D eigenvalue weighted by Gasteiger charge is -2.40. The fourth-order valence-corrected chi connectivity index (χ4v) is 5.59. The van der Waals surface area contributed by atoms with Gasteiger partial charge in [0, 0.05) is 0 Å². The van der Waals surface area contributed by atoms with E-state index < -0.39 is 0 Å². The van der Waals surface area contributed by atoms with Crippen molar-refractivity contribution in [3.8, 4) is 0 Å². The van der Waals surface area contributed by atoms with E-state index >= 15 is 0 Å². The van der Waals surface area contributed by atoms with Gasteiger partial charge in [-0.3, -0.25) is 4.79 Å². The van der Waals surface area contributed by atoms with Crippen LogP contribution in [0, 0.1) is 28.6 Å². The van der Waals surface area contributed by atoms with Gasteiger partial charge in [-0.05, 0) is 88.9 Å². The first kappa shape index (κ1) is 21.8. The predicted octanol–water partition coefficient (Wildman–Crippen LogP) is 7.16. The van der Waals surface area contributed by atoms with Crippen LogP contribution in [0.15, 0.2) is 0 Å². The average Bonchev–Trinajstić information content (AvgIpc) is 2.50. The summed E-state index contributed by atoms with van der Waals surface area (Å²) >= 11 is 0. The minimum Gasteiger partial charge on any atom is -0.459 e. The molecule has 0 amide bonds. The lowest BCUT2D eigenvalue weighted by atomic mass is 9.67. The fourth-order valence-electron chi connectivity index (χ4n) is 5.59. The zero-order chi connectivity index (χ0) is 19.6. The van der Waals surface area contributed by atoms with Gasteiger partial charge >= 0.3 is 5.97 Å². The zero-order valence-electron chi connectivity index (χ0n) is 18.6. The van der Waals surface area contributed by atoms with Gasteiger partial charge in [0.15, 0.2) is 0 Å². The Hall–Kier alpha value is -0.530. The summed E-state index contributed by atoms with van der Waals surface area (Å²) < 4.78 is 6.09. The summed E-state index contributed by atoms with van der Waals surface area (Å²) in [7, 11) is 0. The molecule has 2 bridgehead atoms. The number of esters is 1. The standard InChI is InChI=1S/C24H44O2/c1-8-24(7,17-22(2,3)4)21(25)26-23(5,6)13-12-20-15-18-10-9-11-19(14-18)16-20/h18-20H,8-17H2,1-7H3. The third kappa shape index (κ3) is 6.27. The molecule has 2 saturated carbocycles. The molecule has 2 rings (SSSR count). The van der Waals surface area contributed by atoms with Crippen LogP contribution in [-0.4, -0.2) is 11.6 Å². The van der Waals surface area contributed by atoms with E-state index in [4.69, 9.17) is 4.74 Å². The van der Waals surface area contributed by atoms with Crippen LogP contribution in [0.5, 0.6) is 0 Å². The normalized spacial score (nSPS) is 29.1. The SMILES string of the molecule is CCC(C)(CC(C)(C)C)C(=O)OC(C)(C)CCC1CC2CCCC(C2)C1. The van der Waals surface area contributed by atoms with Crippen LogP contribution < -0.4 is 0 Å². The van der Waals surface area contributed by atoms with Crippen LogP contribution in [0.4, 0.5) is 0 Å². The Balaban J connectivity index is 1.87. The molecular weight excluding hydrogens is 320 g/mol. The Labute approximate surface area is 162 Å². The van der Waals surface area contributed by atoms with E-state index in [0.29, 0.717) is 0 Å². The van der Waals surface area contributed by atoms with Crippen molar-refractivity contribution in [1.29, 1.82) is 0 Å². The molecule has 2 heteroatoms. The van der Waals surface area contributed by atoms with Crippen molar-refractivity contribution in [2.24, 2.45) is 28.6 Å². The first-order chi connectivity index (χ1) is 11.9. The Morgan fingerprint density at radius 1 is 0.962 bits per heavy atom. The van der Waals surface area contributed by atoms with Crippen molar-refractivity contribution in [3.05, 3.63) is 0 Å². The summed E-state index contributed by atoms with van der Waals surface area (Å²) in [5.74, 6) is 2.81. The molecule has 26 heavy (non-hydrogen) atoms. The molecule has 0 aromatic heterocycles. The molecule has 2 fully saturated rings. The van der Waals surface area contributed by atoms with Gasteiger partial charge in [-0.2, -0.15) is 0 Å². The van der Waals surface area contributed by atoms with Gasteiger partial charge < -0.3 is 4.74 Å². The topological polar surface area (TPSA) is 26.3 Å². The maximum atomic E-state index is 13.0. The molecule has 0 heterocycles. The fraction of sp³-hybridized carbons (Fsp3) is 0.958. The monoisotopic (exact) mass is 364 g/mol. The summed E-state index contributed by atoms with van der Waals surface area (Å²) in [5.41, 5.74) is -0.594. The zero-order valence-corrected chi connectivity index (χ0v) is 18.6. The van der Waals surface area contributed by atoms with Crippen molar-refractivity contribution in [2.75, 3.05) is 0 Å². The van der Waals surface area contributed by atoms with Crippen LogP contribution in [0.1, 0.15) is 113 Å². The summed E-state index contributed by atoms with van der Waals surface area (Å²) in [6.07, 6.45) is 12.6. The molecule has 0 N–H and O–H groups in total. The quantitative estimate of drug-likeness (QED) is 0.448. The van der Waals surface area contributed by atoms with E-state index in [0.717, 1.165) is 37.0 Å². The molecule has 0 saturated heterocycles. The third-order valence-corrected chi connectivity index (χ3v) is 6.94. The van der Waals surface area contributed by atoms with Crippen LogP contribution in [-0.2, 0) is 9.53 Å². The van der Waals surface area contributed by atoms with Crippen LogP contribution in [0.2, 0.25) is 0 Å². The molecule has 2 aliphatic carbocycles. The van der Waals surface area contributed by atoms with Gasteiger partial charge in [-0.25, -0.2) is 0 Å². The van der Waals surface area contributed by atoms with Crippen LogP contribution in [0.25, 0.3) is 0 Å². The molecule has 0 radical (unpaired) electrons. The second-order valence-corrected chi connectivity index (χ2v) is 11.6. The maximum absolute atomic E-state index is 13.0. The highest BCUT2D eigenvalue weighted by atomic mass is 16.6. The Morgan fingerprint density at radius 2 is 1.54 bits per heavy atom. The van der Waals surface area contributed by atoms with Crippen molar-refractivity contribution >= 4 is 5.97 Å². The van der Waals surface area contributed by atoms with E-state index in [9.17, 15) is 4.79 Å². The molecule has 0 aromatic carbocycles. The van der Waals surface area contributed by atoms with Crippen molar-refractivity contribution < 1.29 is 9.53 Å². The van der Waals surface area contributed by atoms with E-state index in [1.807, 2.05) is 0 Å². The van der Waals surface area contributed by atoms with E-state index in [2.05, 4.69) is 48.5 Å². The number of rotatable bonds is 7. The van der Waals surface area contributed by atoms with E-state index in [-0.39, 0.29) is 22.4 Å². The highest BCUT2D eigenvalue weighted by molar-refractivity contribution is 5.76. The Bertz CT molecular complexity index is 461. The second kappa shape index (κ2) is 8.23. The molecule has 3 atom stereocenters. The van der Waals surface area contributed by atoms with Crippen molar-refractivity contribution in [2.45, 2.75) is 118 Å². The molecular formula is C24H44O2. The molecule has 3 unspecified atom stereocenters. The molecule has 0 aromatic rings. The van der Waals surface area contributed by atoms with Gasteiger partial charge in [-0.15, -0.1) is 0 Å². The predicted molar refractivity (Wildman–Crippen MR) is 110 cm³/mol. The molecule has 2 nitrogen and oxygen atoms in total. The van der Waals surface area contributed by atoms with Gasteiger partial charge in [0.2, 0.25) is 0 Å². The summed E-state index contributed by atoms with van der Waals surface area (Å²) in [4.78, 5) is 13.0. The summed E-state index contributed by atoms with van der Waals surface area (Å²) in [6.45, 7) is 15.0. The van der Waals surface area contributed by atoms with Gasteiger partial charge in [-0.1, -0.05) is 47.0 Å². The van der Waals surface area contributed by atoms with Crippen LogP contribution in [0.3, 0.4) is 0 Å². The largest absolute Gasteiger partial charge is 0.459 e. The first-order valence-corrected chi connectivity index (χ1v) is 11.2. The van der Waals surface area contributed by atoms with E-state index in [1.54, 1.807) is 0 Å². The lowest BCUT2D eigenvalue weighted by molar-refractivity contribution is -0.171. The van der Waals surface area contributed by atoms with Crippen molar-refractivity contribution in [1.82, 2.24) is 0 Å². The number of ether oxygens (including phenoxy) is 1. The molecule has 0 aliphatic heterocycles. The number of carbonyl (C=O) groups is 1. The highest BCUT2D eigenvalue weighted by Gasteiger charge is 2.40. The van der Waals surface area contributed by atoms with E-state index in [1.165, 1.54) is 44.9 Å². The summed E-state index contributed by atoms with van der Waals surface area (Å²) in [5, 5.41) is 0. The molecule has 2 aliphatic rings. The molecule has 152 valence electrons. The maximum Gasteiger partial charge on any atom is 0.312 e. The average molecular weight is 365 g/mol. The number of hydrogen-bond donors (Lipinski definition) is 0. The minimum atomic E-state index is -0.378. The van der Waals surface area contributed by atoms with Crippen molar-refractivity contribution in [3.63, 3.8) is 0 Å². The highest BCUT2D eigenvalue weighted by Crippen LogP contribution is 2.45. The second-order valence-electron chi connectivity index (χ2n) is 11.6.